The summed E-state index contributed by atoms with van der Waals surface area (Å²) in [6, 6.07) is 7.56. The maximum atomic E-state index is 11.9. The van der Waals surface area contributed by atoms with Crippen LogP contribution in [0, 0.1) is 5.92 Å². The fourth-order valence-corrected chi connectivity index (χ4v) is 3.06. The highest BCUT2D eigenvalue weighted by Crippen LogP contribution is 2.25. The molecule has 0 radical (unpaired) electrons. The van der Waals surface area contributed by atoms with E-state index in [0.717, 1.165) is 30.0 Å². The quantitative estimate of drug-likeness (QED) is 0.795. The van der Waals surface area contributed by atoms with E-state index in [-0.39, 0.29) is 5.91 Å². The van der Waals surface area contributed by atoms with Gasteiger partial charge in [0.15, 0.2) is 0 Å². The van der Waals surface area contributed by atoms with Crippen molar-refractivity contribution in [2.45, 2.75) is 44.9 Å². The number of rotatable bonds is 6. The maximum absolute atomic E-state index is 11.9. The first-order chi connectivity index (χ1) is 10.1. The van der Waals surface area contributed by atoms with E-state index in [2.05, 4.69) is 5.32 Å². The predicted molar refractivity (Wildman–Crippen MR) is 90.2 cm³/mol. The Hall–Kier alpha value is -1.42. The van der Waals surface area contributed by atoms with Crippen molar-refractivity contribution in [3.05, 3.63) is 35.4 Å². The summed E-state index contributed by atoms with van der Waals surface area (Å²) in [7, 11) is 0. The molecule has 0 aromatic heterocycles. The number of nitrogens with two attached hydrogens (primary N) is 1. The molecule has 0 atom stereocenters. The van der Waals surface area contributed by atoms with E-state index in [4.69, 9.17) is 18.0 Å². The summed E-state index contributed by atoms with van der Waals surface area (Å²) >= 11 is 4.91. The zero-order valence-electron chi connectivity index (χ0n) is 12.4. The number of nitrogens with one attached hydrogen (secondary N) is 1. The van der Waals surface area contributed by atoms with Crippen LogP contribution in [0.25, 0.3) is 0 Å². The predicted octanol–water partition coefficient (Wildman–Crippen LogP) is 2.95. The third-order valence-corrected chi connectivity index (χ3v) is 4.44. The van der Waals surface area contributed by atoms with Crippen molar-refractivity contribution in [2.24, 2.45) is 11.7 Å². The minimum absolute atomic E-state index is 0.0916. The third-order valence-electron chi connectivity index (χ3n) is 4.20. The van der Waals surface area contributed by atoms with E-state index in [0.29, 0.717) is 11.4 Å². The van der Waals surface area contributed by atoms with Crippen LogP contribution in [0.1, 0.15) is 49.7 Å². The number of thiocarbonyl (C=S) groups is 1. The maximum Gasteiger partial charge on any atom is 0.224 e. The summed E-state index contributed by atoms with van der Waals surface area (Å²) in [5, 5.41) is 3.03. The molecule has 0 saturated heterocycles. The molecule has 1 amide bonds. The summed E-state index contributed by atoms with van der Waals surface area (Å²) < 4.78 is 0. The van der Waals surface area contributed by atoms with Crippen LogP contribution in [0.2, 0.25) is 0 Å². The lowest BCUT2D eigenvalue weighted by Gasteiger charge is -2.21. The van der Waals surface area contributed by atoms with E-state index in [1.807, 2.05) is 24.3 Å². The van der Waals surface area contributed by atoms with Crippen molar-refractivity contribution in [2.75, 3.05) is 6.54 Å². The van der Waals surface area contributed by atoms with Crippen molar-refractivity contribution in [1.29, 1.82) is 0 Å². The minimum Gasteiger partial charge on any atom is -0.389 e. The average molecular weight is 304 g/mol. The number of hydrogen-bond acceptors (Lipinski definition) is 2. The van der Waals surface area contributed by atoms with Gasteiger partial charge in [-0.2, -0.15) is 0 Å². The van der Waals surface area contributed by atoms with E-state index in [1.54, 1.807) is 0 Å². The van der Waals surface area contributed by atoms with Crippen LogP contribution in [0.4, 0.5) is 0 Å². The van der Waals surface area contributed by atoms with E-state index in [1.165, 1.54) is 32.1 Å². The van der Waals surface area contributed by atoms with Crippen LogP contribution in [0.3, 0.4) is 0 Å². The van der Waals surface area contributed by atoms with Gasteiger partial charge in [0, 0.05) is 12.1 Å². The van der Waals surface area contributed by atoms with Crippen LogP contribution in [-0.4, -0.2) is 17.4 Å². The van der Waals surface area contributed by atoms with E-state index >= 15 is 0 Å². The topological polar surface area (TPSA) is 55.1 Å². The van der Waals surface area contributed by atoms with Crippen molar-refractivity contribution >= 4 is 23.1 Å². The Labute approximate surface area is 132 Å². The minimum atomic E-state index is 0.0916. The second kappa shape index (κ2) is 8.13. The third kappa shape index (κ3) is 5.46. The number of carbonyl (C=O) groups is 1. The van der Waals surface area contributed by atoms with Crippen LogP contribution >= 0.6 is 12.2 Å². The Morgan fingerprint density at radius 2 is 1.86 bits per heavy atom. The molecular formula is C17H24N2OS. The normalized spacial score (nSPS) is 15.6. The second-order valence-electron chi connectivity index (χ2n) is 5.88. The van der Waals surface area contributed by atoms with Gasteiger partial charge in [-0.15, -0.1) is 0 Å². The largest absolute Gasteiger partial charge is 0.389 e. The van der Waals surface area contributed by atoms with Gasteiger partial charge in [-0.1, -0.05) is 68.6 Å². The Bertz CT molecular complexity index is 478. The fourth-order valence-electron chi connectivity index (χ4n) is 2.93. The monoisotopic (exact) mass is 304 g/mol. The zero-order chi connectivity index (χ0) is 15.1. The lowest BCUT2D eigenvalue weighted by atomic mass is 9.87. The average Bonchev–Trinajstić information content (AvgIpc) is 2.49. The molecule has 3 nitrogen and oxygen atoms in total. The molecule has 1 aromatic rings. The van der Waals surface area contributed by atoms with Gasteiger partial charge < -0.3 is 11.1 Å². The van der Waals surface area contributed by atoms with Crippen LogP contribution in [0.15, 0.2) is 24.3 Å². The standard InChI is InChI=1S/C17H24N2OS/c18-17(21)15-8-6-14(7-9-15)12-16(20)19-11-10-13-4-2-1-3-5-13/h6-9,13H,1-5,10-12H2,(H2,18,21)(H,19,20). The molecule has 1 aromatic carbocycles. The summed E-state index contributed by atoms with van der Waals surface area (Å²) in [4.78, 5) is 12.3. The van der Waals surface area contributed by atoms with E-state index in [9.17, 15) is 4.79 Å². The number of amides is 1. The number of carbonyl (C=O) groups excluding carboxylic acids is 1. The molecule has 0 unspecified atom stereocenters. The highest BCUT2D eigenvalue weighted by atomic mass is 32.1. The van der Waals surface area contributed by atoms with Gasteiger partial charge in [0.1, 0.15) is 4.99 Å². The molecule has 3 N–H and O–H groups in total. The Kier molecular flexibility index (Phi) is 6.18. The fraction of sp³-hybridized carbons (Fsp3) is 0.529. The second-order valence-corrected chi connectivity index (χ2v) is 6.32. The smallest absolute Gasteiger partial charge is 0.224 e. The molecule has 1 saturated carbocycles. The van der Waals surface area contributed by atoms with Gasteiger partial charge in [0.2, 0.25) is 5.91 Å². The first-order valence-corrected chi connectivity index (χ1v) is 8.21. The SMILES string of the molecule is NC(=S)c1ccc(CC(=O)NCCC2CCCCC2)cc1. The lowest BCUT2D eigenvalue weighted by molar-refractivity contribution is -0.120. The number of benzene rings is 1. The Morgan fingerprint density at radius 3 is 2.48 bits per heavy atom. The highest BCUT2D eigenvalue weighted by Gasteiger charge is 2.13. The molecule has 0 bridgehead atoms. The van der Waals surface area contributed by atoms with Crippen molar-refractivity contribution < 1.29 is 4.79 Å². The molecule has 0 aliphatic heterocycles. The Morgan fingerprint density at radius 1 is 1.19 bits per heavy atom. The summed E-state index contributed by atoms with van der Waals surface area (Å²) in [6.07, 6.45) is 8.29. The molecule has 1 fully saturated rings. The lowest BCUT2D eigenvalue weighted by Crippen LogP contribution is -2.27. The van der Waals surface area contributed by atoms with Crippen LogP contribution in [0.5, 0.6) is 0 Å². The molecular weight excluding hydrogens is 280 g/mol. The first-order valence-electron chi connectivity index (χ1n) is 7.80. The molecule has 0 heterocycles. The van der Waals surface area contributed by atoms with Crippen molar-refractivity contribution in [3.63, 3.8) is 0 Å². The molecule has 0 spiro atoms. The van der Waals surface area contributed by atoms with Gasteiger partial charge >= 0.3 is 0 Å². The van der Waals surface area contributed by atoms with Crippen LogP contribution in [-0.2, 0) is 11.2 Å². The van der Waals surface area contributed by atoms with E-state index < -0.39 is 0 Å². The molecule has 1 aliphatic carbocycles. The first kappa shape index (κ1) is 16.0. The molecule has 114 valence electrons. The van der Waals surface area contributed by atoms with Crippen molar-refractivity contribution in [1.82, 2.24) is 5.32 Å². The molecule has 21 heavy (non-hydrogen) atoms. The van der Waals surface area contributed by atoms with Gasteiger partial charge in [-0.05, 0) is 17.9 Å². The summed E-state index contributed by atoms with van der Waals surface area (Å²) in [6.45, 7) is 0.800. The van der Waals surface area contributed by atoms with Crippen LogP contribution < -0.4 is 11.1 Å². The number of hydrogen-bond donors (Lipinski definition) is 2. The van der Waals surface area contributed by atoms with Gasteiger partial charge in [-0.25, -0.2) is 0 Å². The van der Waals surface area contributed by atoms with Crippen molar-refractivity contribution in [3.8, 4) is 0 Å². The molecule has 2 rings (SSSR count). The van der Waals surface area contributed by atoms with Gasteiger partial charge in [0.05, 0.1) is 6.42 Å². The molecule has 1 aliphatic rings. The summed E-state index contributed by atoms with van der Waals surface area (Å²) in [5.41, 5.74) is 7.38. The van der Waals surface area contributed by atoms with Gasteiger partial charge in [0.25, 0.3) is 0 Å². The highest BCUT2D eigenvalue weighted by molar-refractivity contribution is 7.80. The molecule has 4 heteroatoms. The Balaban J connectivity index is 1.70. The zero-order valence-corrected chi connectivity index (χ0v) is 13.3. The summed E-state index contributed by atoms with van der Waals surface area (Å²) in [5.74, 6) is 0.901. The van der Waals surface area contributed by atoms with Gasteiger partial charge in [-0.3, -0.25) is 4.79 Å².